The minimum absolute atomic E-state index is 0.130. The number of benzene rings is 2. The predicted octanol–water partition coefficient (Wildman–Crippen LogP) is 2.83. The average molecular weight is 389 g/mol. The molecule has 2 aromatic carbocycles. The Hall–Kier alpha value is -3.07. The summed E-state index contributed by atoms with van der Waals surface area (Å²) in [6.07, 6.45) is 0. The third-order valence-electron chi connectivity index (χ3n) is 4.21. The van der Waals surface area contributed by atoms with Crippen LogP contribution < -0.4 is 5.32 Å². The largest absolute Gasteiger partial charge is 0.306 e. The number of halogens is 2. The van der Waals surface area contributed by atoms with Crippen molar-refractivity contribution in [1.29, 1.82) is 0 Å². The molecule has 1 aliphatic heterocycles. The van der Waals surface area contributed by atoms with E-state index < -0.39 is 27.4 Å². The highest BCUT2D eigenvalue weighted by molar-refractivity contribution is 7.90. The lowest BCUT2D eigenvalue weighted by molar-refractivity contribution is 0.102. The normalized spacial score (nSPS) is 14.7. The molecule has 9 heteroatoms. The van der Waals surface area contributed by atoms with Crippen LogP contribution in [0.2, 0.25) is 0 Å². The molecule has 1 aliphatic rings. The summed E-state index contributed by atoms with van der Waals surface area (Å²) in [5.74, 6) is -2.28. The van der Waals surface area contributed by atoms with E-state index in [-0.39, 0.29) is 22.9 Å². The van der Waals surface area contributed by atoms with Crippen LogP contribution in [0.3, 0.4) is 0 Å². The molecule has 0 saturated heterocycles. The number of fused-ring (bicyclic) bond motifs is 1. The van der Waals surface area contributed by atoms with Crippen LogP contribution in [0.15, 0.2) is 48.5 Å². The van der Waals surface area contributed by atoms with Crippen molar-refractivity contribution in [3.63, 3.8) is 0 Å². The van der Waals surface area contributed by atoms with E-state index in [4.69, 9.17) is 0 Å². The summed E-state index contributed by atoms with van der Waals surface area (Å²) in [4.78, 5) is 12.5. The highest BCUT2D eigenvalue weighted by atomic mass is 32.2. The fraction of sp³-hybridized carbons (Fsp3) is 0.111. The molecule has 0 radical (unpaired) electrons. The fourth-order valence-electron chi connectivity index (χ4n) is 2.96. The van der Waals surface area contributed by atoms with Gasteiger partial charge in [-0.25, -0.2) is 21.9 Å². The highest BCUT2D eigenvalue weighted by Crippen LogP contribution is 2.33. The van der Waals surface area contributed by atoms with Gasteiger partial charge in [-0.1, -0.05) is 12.1 Å². The Labute approximate surface area is 153 Å². The van der Waals surface area contributed by atoms with E-state index in [0.717, 1.165) is 6.07 Å². The van der Waals surface area contributed by atoms with Gasteiger partial charge in [0, 0.05) is 5.56 Å². The van der Waals surface area contributed by atoms with Gasteiger partial charge in [0.25, 0.3) is 5.91 Å². The van der Waals surface area contributed by atoms with Crippen LogP contribution in [-0.4, -0.2) is 24.1 Å². The lowest BCUT2D eigenvalue weighted by Crippen LogP contribution is -2.18. The van der Waals surface area contributed by atoms with E-state index >= 15 is 0 Å². The summed E-state index contributed by atoms with van der Waals surface area (Å²) < 4.78 is 52.3. The van der Waals surface area contributed by atoms with Gasteiger partial charge in [0.1, 0.15) is 17.5 Å². The maximum Gasteiger partial charge on any atom is 0.259 e. The molecule has 6 nitrogen and oxygen atoms in total. The molecule has 0 bridgehead atoms. The van der Waals surface area contributed by atoms with E-state index in [0.29, 0.717) is 16.9 Å². The van der Waals surface area contributed by atoms with E-state index in [2.05, 4.69) is 10.4 Å². The van der Waals surface area contributed by atoms with Crippen molar-refractivity contribution < 1.29 is 22.0 Å². The molecule has 27 heavy (non-hydrogen) atoms. The number of rotatable bonds is 3. The van der Waals surface area contributed by atoms with Crippen molar-refractivity contribution in [3.8, 4) is 5.69 Å². The van der Waals surface area contributed by atoms with Crippen LogP contribution in [0, 0.1) is 11.6 Å². The van der Waals surface area contributed by atoms with Crippen molar-refractivity contribution in [2.45, 2.75) is 11.5 Å². The molecule has 0 fully saturated rings. The molecule has 1 aromatic heterocycles. The third-order valence-corrected chi connectivity index (χ3v) is 5.65. The molecule has 0 spiro atoms. The molecule has 0 unspecified atom stereocenters. The van der Waals surface area contributed by atoms with Crippen LogP contribution in [0.1, 0.15) is 21.6 Å². The molecule has 0 atom stereocenters. The summed E-state index contributed by atoms with van der Waals surface area (Å²) >= 11 is 0. The van der Waals surface area contributed by atoms with Crippen molar-refractivity contribution in [2.75, 3.05) is 5.32 Å². The van der Waals surface area contributed by atoms with Gasteiger partial charge in [0.2, 0.25) is 0 Å². The maximum absolute atomic E-state index is 13.9. The van der Waals surface area contributed by atoms with Gasteiger partial charge < -0.3 is 5.32 Å². The zero-order valence-corrected chi connectivity index (χ0v) is 14.6. The molecule has 2 heterocycles. The maximum atomic E-state index is 13.9. The minimum Gasteiger partial charge on any atom is -0.306 e. The first-order valence-electron chi connectivity index (χ1n) is 7.97. The molecule has 138 valence electrons. The SMILES string of the molecule is O=C(Nc1c2c(nn1-c1ccc(F)cc1)CS(=O)(=O)C2)c1ccccc1F. The molecule has 1 amide bonds. The van der Waals surface area contributed by atoms with E-state index in [1.54, 1.807) is 0 Å². The number of hydrogen-bond donors (Lipinski definition) is 1. The number of hydrogen-bond acceptors (Lipinski definition) is 4. The topological polar surface area (TPSA) is 81.1 Å². The monoisotopic (exact) mass is 389 g/mol. The Morgan fingerprint density at radius 1 is 1.04 bits per heavy atom. The first kappa shape index (κ1) is 17.3. The van der Waals surface area contributed by atoms with E-state index in [1.807, 2.05) is 0 Å². The second-order valence-corrected chi connectivity index (χ2v) is 8.19. The lowest BCUT2D eigenvalue weighted by atomic mass is 10.2. The summed E-state index contributed by atoms with van der Waals surface area (Å²) in [5.41, 5.74) is 0.915. The Kier molecular flexibility index (Phi) is 4.03. The molecule has 4 rings (SSSR count). The number of nitrogens with one attached hydrogen (secondary N) is 1. The van der Waals surface area contributed by atoms with Crippen molar-refractivity contribution in [2.24, 2.45) is 0 Å². The Balaban J connectivity index is 1.80. The number of aromatic nitrogens is 2. The van der Waals surface area contributed by atoms with E-state index in [1.165, 1.54) is 47.1 Å². The first-order chi connectivity index (χ1) is 12.8. The highest BCUT2D eigenvalue weighted by Gasteiger charge is 2.33. The standard InChI is InChI=1S/C18H13F2N3O3S/c19-11-5-7-12(8-6-11)23-17(14-9-27(25,26)10-16(14)22-23)21-18(24)13-3-1-2-4-15(13)20/h1-8H,9-10H2,(H,21,24). The molecular formula is C18H13F2N3O3S. The summed E-state index contributed by atoms with van der Waals surface area (Å²) in [6, 6.07) is 10.8. The number of anilines is 1. The number of carbonyl (C=O) groups is 1. The minimum atomic E-state index is -3.36. The second kappa shape index (κ2) is 6.27. The van der Waals surface area contributed by atoms with Crippen LogP contribution >= 0.6 is 0 Å². The van der Waals surface area contributed by atoms with Gasteiger partial charge >= 0.3 is 0 Å². The molecular weight excluding hydrogens is 376 g/mol. The zero-order valence-electron chi connectivity index (χ0n) is 13.8. The van der Waals surface area contributed by atoms with Gasteiger partial charge in [0.15, 0.2) is 9.84 Å². The fourth-order valence-corrected chi connectivity index (χ4v) is 4.45. The Bertz CT molecular complexity index is 1160. The average Bonchev–Trinajstić information content (AvgIpc) is 3.09. The third kappa shape index (κ3) is 3.21. The zero-order chi connectivity index (χ0) is 19.2. The number of carbonyl (C=O) groups excluding carboxylic acids is 1. The van der Waals surface area contributed by atoms with Gasteiger partial charge in [-0.2, -0.15) is 5.10 Å². The number of amides is 1. The van der Waals surface area contributed by atoms with Gasteiger partial charge in [-0.3, -0.25) is 4.79 Å². The smallest absolute Gasteiger partial charge is 0.259 e. The summed E-state index contributed by atoms with van der Waals surface area (Å²) in [5, 5.41) is 6.82. The van der Waals surface area contributed by atoms with Crippen LogP contribution in [0.25, 0.3) is 5.69 Å². The van der Waals surface area contributed by atoms with E-state index in [9.17, 15) is 22.0 Å². The summed E-state index contributed by atoms with van der Waals surface area (Å²) in [7, 11) is -3.36. The summed E-state index contributed by atoms with van der Waals surface area (Å²) in [6.45, 7) is 0. The van der Waals surface area contributed by atoms with Gasteiger partial charge in [-0.15, -0.1) is 0 Å². The second-order valence-electron chi connectivity index (χ2n) is 6.13. The Morgan fingerprint density at radius 3 is 2.44 bits per heavy atom. The molecule has 0 saturated carbocycles. The quantitative estimate of drug-likeness (QED) is 0.747. The lowest BCUT2D eigenvalue weighted by Gasteiger charge is -2.11. The van der Waals surface area contributed by atoms with Crippen molar-refractivity contribution in [3.05, 3.63) is 77.0 Å². The van der Waals surface area contributed by atoms with Crippen molar-refractivity contribution in [1.82, 2.24) is 9.78 Å². The van der Waals surface area contributed by atoms with Crippen LogP contribution in [-0.2, 0) is 21.3 Å². The Morgan fingerprint density at radius 2 is 1.74 bits per heavy atom. The van der Waals surface area contributed by atoms with Crippen molar-refractivity contribution >= 4 is 21.6 Å². The number of sulfone groups is 1. The predicted molar refractivity (Wildman–Crippen MR) is 94.2 cm³/mol. The van der Waals surface area contributed by atoms with Gasteiger partial charge in [0.05, 0.1) is 28.5 Å². The van der Waals surface area contributed by atoms with Gasteiger partial charge in [-0.05, 0) is 36.4 Å². The molecule has 1 N–H and O–H groups in total. The first-order valence-corrected chi connectivity index (χ1v) is 9.79. The number of nitrogens with zero attached hydrogens (tertiary/aromatic N) is 2. The van der Waals surface area contributed by atoms with Crippen LogP contribution in [0.5, 0.6) is 0 Å². The van der Waals surface area contributed by atoms with Crippen LogP contribution in [0.4, 0.5) is 14.6 Å². The molecule has 0 aliphatic carbocycles. The molecule has 3 aromatic rings.